The normalized spacial score (nSPS) is 17.2. The van der Waals surface area contributed by atoms with E-state index < -0.39 is 0 Å². The Hall–Kier alpha value is -2.24. The maximum absolute atomic E-state index is 12.1. The number of carbonyl (C=O) groups is 2. The van der Waals surface area contributed by atoms with Crippen molar-refractivity contribution in [2.45, 2.75) is 19.8 Å². The molecule has 0 saturated carbocycles. The van der Waals surface area contributed by atoms with E-state index >= 15 is 0 Å². The molecule has 1 heterocycles. The molecule has 2 N–H and O–H groups in total. The van der Waals surface area contributed by atoms with E-state index in [2.05, 4.69) is 17.6 Å². The van der Waals surface area contributed by atoms with E-state index in [0.29, 0.717) is 24.7 Å². The van der Waals surface area contributed by atoms with Crippen LogP contribution in [0.5, 0.6) is 5.75 Å². The Morgan fingerprint density at radius 3 is 2.64 bits per heavy atom. The highest BCUT2D eigenvalue weighted by Crippen LogP contribution is 2.19. The van der Waals surface area contributed by atoms with Gasteiger partial charge in [-0.15, -0.1) is 0 Å². The zero-order chi connectivity index (χ0) is 15.9. The van der Waals surface area contributed by atoms with Gasteiger partial charge in [0, 0.05) is 25.8 Å². The standard InChI is InChI=1S/C16H23N3O3/c1-12-7-9-19(11-12)16(21)18-13-3-5-14(6-4-13)22-10-8-15(20)17-2/h3-6,12H,7-11H2,1-2H3,(H,17,20)(H,18,21). The first kappa shape index (κ1) is 16.1. The average molecular weight is 305 g/mol. The van der Waals surface area contributed by atoms with Crippen molar-refractivity contribution in [3.63, 3.8) is 0 Å². The molecule has 3 amide bonds. The number of urea groups is 1. The number of anilines is 1. The van der Waals surface area contributed by atoms with Gasteiger partial charge in [-0.2, -0.15) is 0 Å². The van der Waals surface area contributed by atoms with Crippen LogP contribution in [0.1, 0.15) is 19.8 Å². The summed E-state index contributed by atoms with van der Waals surface area (Å²) in [5.41, 5.74) is 0.739. The number of amides is 3. The van der Waals surface area contributed by atoms with Crippen molar-refractivity contribution in [2.24, 2.45) is 5.92 Å². The van der Waals surface area contributed by atoms with Crippen LogP contribution in [-0.4, -0.2) is 43.6 Å². The summed E-state index contributed by atoms with van der Waals surface area (Å²) in [6, 6.07) is 7.11. The molecule has 1 atom stereocenters. The fourth-order valence-electron chi connectivity index (χ4n) is 2.34. The molecular weight excluding hydrogens is 282 g/mol. The van der Waals surface area contributed by atoms with Crippen molar-refractivity contribution in [2.75, 3.05) is 32.1 Å². The number of ether oxygens (including phenoxy) is 1. The molecule has 6 heteroatoms. The van der Waals surface area contributed by atoms with Gasteiger partial charge in [-0.25, -0.2) is 4.79 Å². The minimum absolute atomic E-state index is 0.0521. The van der Waals surface area contributed by atoms with E-state index in [1.54, 1.807) is 31.3 Å². The number of rotatable bonds is 5. The quantitative estimate of drug-likeness (QED) is 0.875. The number of benzene rings is 1. The minimum atomic E-state index is -0.0577. The van der Waals surface area contributed by atoms with Crippen molar-refractivity contribution >= 4 is 17.6 Å². The van der Waals surface area contributed by atoms with Gasteiger partial charge in [0.25, 0.3) is 0 Å². The maximum atomic E-state index is 12.1. The highest BCUT2D eigenvalue weighted by Gasteiger charge is 2.22. The lowest BCUT2D eigenvalue weighted by atomic mass is 10.2. The summed E-state index contributed by atoms with van der Waals surface area (Å²) in [7, 11) is 1.60. The first-order chi connectivity index (χ1) is 10.6. The molecule has 1 aromatic rings. The summed E-state index contributed by atoms with van der Waals surface area (Å²) in [5.74, 6) is 1.20. The van der Waals surface area contributed by atoms with Crippen LogP contribution in [0.25, 0.3) is 0 Å². The lowest BCUT2D eigenvalue weighted by Crippen LogP contribution is -2.32. The van der Waals surface area contributed by atoms with Crippen LogP contribution < -0.4 is 15.4 Å². The average Bonchev–Trinajstić information content (AvgIpc) is 2.95. The summed E-state index contributed by atoms with van der Waals surface area (Å²) in [5, 5.41) is 5.42. The van der Waals surface area contributed by atoms with Crippen LogP contribution in [0.15, 0.2) is 24.3 Å². The molecule has 0 radical (unpaired) electrons. The Balaban J connectivity index is 1.79. The second-order valence-electron chi connectivity index (χ2n) is 5.57. The highest BCUT2D eigenvalue weighted by molar-refractivity contribution is 5.89. The van der Waals surface area contributed by atoms with Crippen LogP contribution >= 0.6 is 0 Å². The number of nitrogens with one attached hydrogen (secondary N) is 2. The first-order valence-corrected chi connectivity index (χ1v) is 7.58. The SMILES string of the molecule is CNC(=O)CCOc1ccc(NC(=O)N2CCC(C)C2)cc1. The number of likely N-dealkylation sites (tertiary alicyclic amines) is 1. The zero-order valence-electron chi connectivity index (χ0n) is 13.1. The Kier molecular flexibility index (Phi) is 5.63. The molecule has 1 saturated heterocycles. The van der Waals surface area contributed by atoms with Crippen LogP contribution in [0, 0.1) is 5.92 Å². The van der Waals surface area contributed by atoms with E-state index in [0.717, 1.165) is 25.2 Å². The fourth-order valence-corrected chi connectivity index (χ4v) is 2.34. The maximum Gasteiger partial charge on any atom is 0.321 e. The predicted octanol–water partition coefficient (Wildman–Crippen LogP) is 2.08. The molecule has 6 nitrogen and oxygen atoms in total. The molecule has 0 aliphatic carbocycles. The molecule has 22 heavy (non-hydrogen) atoms. The summed E-state index contributed by atoms with van der Waals surface area (Å²) in [4.78, 5) is 25.0. The predicted molar refractivity (Wildman–Crippen MR) is 85.0 cm³/mol. The van der Waals surface area contributed by atoms with Gasteiger partial charge < -0.3 is 20.3 Å². The van der Waals surface area contributed by atoms with Gasteiger partial charge in [-0.1, -0.05) is 6.92 Å². The topological polar surface area (TPSA) is 70.7 Å². The summed E-state index contributed by atoms with van der Waals surface area (Å²) in [6.45, 7) is 4.11. The van der Waals surface area contributed by atoms with Crippen LogP contribution in [0.3, 0.4) is 0 Å². The second-order valence-corrected chi connectivity index (χ2v) is 5.57. The van der Waals surface area contributed by atoms with E-state index in [1.807, 2.05) is 4.90 Å². The number of carbonyl (C=O) groups excluding carboxylic acids is 2. The third-order valence-electron chi connectivity index (χ3n) is 3.69. The van der Waals surface area contributed by atoms with E-state index in [-0.39, 0.29) is 11.9 Å². The third kappa shape index (κ3) is 4.65. The Bertz CT molecular complexity index is 516. The first-order valence-electron chi connectivity index (χ1n) is 7.58. The van der Waals surface area contributed by atoms with Crippen molar-refractivity contribution in [3.05, 3.63) is 24.3 Å². The second kappa shape index (κ2) is 7.68. The summed E-state index contributed by atoms with van der Waals surface area (Å²) < 4.78 is 5.47. The molecule has 1 aromatic carbocycles. The van der Waals surface area contributed by atoms with Gasteiger partial charge in [-0.05, 0) is 36.6 Å². The molecule has 0 bridgehead atoms. The van der Waals surface area contributed by atoms with Crippen molar-refractivity contribution in [1.29, 1.82) is 0 Å². The Morgan fingerprint density at radius 1 is 1.32 bits per heavy atom. The van der Waals surface area contributed by atoms with Crippen LogP contribution in [-0.2, 0) is 4.79 Å². The Morgan fingerprint density at radius 2 is 2.05 bits per heavy atom. The molecule has 1 unspecified atom stereocenters. The van der Waals surface area contributed by atoms with E-state index in [9.17, 15) is 9.59 Å². The monoisotopic (exact) mass is 305 g/mol. The van der Waals surface area contributed by atoms with Crippen molar-refractivity contribution < 1.29 is 14.3 Å². The van der Waals surface area contributed by atoms with E-state index in [4.69, 9.17) is 4.74 Å². The molecular formula is C16H23N3O3. The van der Waals surface area contributed by atoms with Crippen LogP contribution in [0.2, 0.25) is 0 Å². The van der Waals surface area contributed by atoms with Gasteiger partial charge in [0.2, 0.25) is 5.91 Å². The fraction of sp³-hybridized carbons (Fsp3) is 0.500. The molecule has 2 rings (SSSR count). The van der Waals surface area contributed by atoms with Crippen molar-refractivity contribution in [3.8, 4) is 5.75 Å². The third-order valence-corrected chi connectivity index (χ3v) is 3.69. The molecule has 120 valence electrons. The lowest BCUT2D eigenvalue weighted by Gasteiger charge is -2.17. The molecule has 1 fully saturated rings. The highest BCUT2D eigenvalue weighted by atomic mass is 16.5. The van der Waals surface area contributed by atoms with Gasteiger partial charge in [0.05, 0.1) is 13.0 Å². The molecule has 1 aliphatic heterocycles. The van der Waals surface area contributed by atoms with Crippen LogP contribution in [0.4, 0.5) is 10.5 Å². The van der Waals surface area contributed by atoms with E-state index in [1.165, 1.54) is 0 Å². The lowest BCUT2D eigenvalue weighted by molar-refractivity contribution is -0.121. The number of hydrogen-bond acceptors (Lipinski definition) is 3. The summed E-state index contributed by atoms with van der Waals surface area (Å²) >= 11 is 0. The van der Waals surface area contributed by atoms with Crippen molar-refractivity contribution in [1.82, 2.24) is 10.2 Å². The van der Waals surface area contributed by atoms with Gasteiger partial charge in [0.1, 0.15) is 5.75 Å². The molecule has 0 spiro atoms. The summed E-state index contributed by atoms with van der Waals surface area (Å²) in [6.07, 6.45) is 1.38. The smallest absolute Gasteiger partial charge is 0.321 e. The largest absolute Gasteiger partial charge is 0.493 e. The van der Waals surface area contributed by atoms with Gasteiger partial charge in [0.15, 0.2) is 0 Å². The number of nitrogens with zero attached hydrogens (tertiary/aromatic N) is 1. The zero-order valence-corrected chi connectivity index (χ0v) is 13.1. The number of hydrogen-bond donors (Lipinski definition) is 2. The van der Waals surface area contributed by atoms with Gasteiger partial charge >= 0.3 is 6.03 Å². The Labute approximate surface area is 130 Å². The van der Waals surface area contributed by atoms with Gasteiger partial charge in [-0.3, -0.25) is 4.79 Å². The molecule has 1 aliphatic rings. The minimum Gasteiger partial charge on any atom is -0.493 e. The molecule has 0 aromatic heterocycles.